The number of aryl methyl sites for hydroxylation is 1. The zero-order valence-corrected chi connectivity index (χ0v) is 18.2. The van der Waals surface area contributed by atoms with Crippen molar-refractivity contribution < 1.29 is 27.1 Å². The predicted octanol–water partition coefficient (Wildman–Crippen LogP) is 2.95. The van der Waals surface area contributed by atoms with Crippen molar-refractivity contribution in [3.05, 3.63) is 59.4 Å². The van der Waals surface area contributed by atoms with Crippen LogP contribution in [0.5, 0.6) is 0 Å². The van der Waals surface area contributed by atoms with Gasteiger partial charge in [0.25, 0.3) is 0 Å². The van der Waals surface area contributed by atoms with Crippen LogP contribution in [0.25, 0.3) is 0 Å². The van der Waals surface area contributed by atoms with Crippen molar-refractivity contribution in [1.82, 2.24) is 4.31 Å². The monoisotopic (exact) mass is 451 g/mol. The summed E-state index contributed by atoms with van der Waals surface area (Å²) < 4.78 is 52.3. The van der Waals surface area contributed by atoms with Gasteiger partial charge in [-0.15, -0.1) is 11.8 Å². The van der Waals surface area contributed by atoms with E-state index in [9.17, 15) is 17.6 Å². The molecule has 2 aliphatic rings. The standard InChI is InChI=1S/C21H22FNO5S2/c1-13-11-14(7-8-16(13)22)30(25,26)23-9-10-28-17(12-23)19-15-5-3-4-6-18(15)29-20(19)21(24)27-2/h3-8,11,17,19-20H,9-10,12H2,1-2H3. The molecule has 0 spiro atoms. The summed E-state index contributed by atoms with van der Waals surface area (Å²) in [6.45, 7) is 2.04. The minimum Gasteiger partial charge on any atom is -0.468 e. The molecule has 3 atom stereocenters. The van der Waals surface area contributed by atoms with Crippen molar-refractivity contribution in [1.29, 1.82) is 0 Å². The SMILES string of the molecule is COC(=O)C1Sc2ccccc2C1C1CN(S(=O)(=O)c2ccc(F)c(C)c2)CCO1. The van der Waals surface area contributed by atoms with E-state index >= 15 is 0 Å². The summed E-state index contributed by atoms with van der Waals surface area (Å²) in [7, 11) is -2.48. The van der Waals surface area contributed by atoms with E-state index in [-0.39, 0.29) is 42.0 Å². The summed E-state index contributed by atoms with van der Waals surface area (Å²) in [5.41, 5.74) is 1.23. The Morgan fingerprint density at radius 3 is 2.77 bits per heavy atom. The summed E-state index contributed by atoms with van der Waals surface area (Å²) in [4.78, 5) is 13.5. The molecule has 2 aromatic carbocycles. The number of thioether (sulfide) groups is 1. The van der Waals surface area contributed by atoms with Crippen molar-refractivity contribution >= 4 is 27.8 Å². The highest BCUT2D eigenvalue weighted by Crippen LogP contribution is 2.48. The second kappa shape index (κ2) is 8.30. The molecule has 2 aliphatic heterocycles. The molecular weight excluding hydrogens is 429 g/mol. The number of sulfonamides is 1. The number of nitrogens with zero attached hydrogens (tertiary/aromatic N) is 1. The van der Waals surface area contributed by atoms with Crippen LogP contribution in [-0.2, 0) is 24.3 Å². The van der Waals surface area contributed by atoms with Crippen LogP contribution in [0.2, 0.25) is 0 Å². The Labute approximate surface area is 179 Å². The fourth-order valence-electron chi connectivity index (χ4n) is 3.96. The van der Waals surface area contributed by atoms with E-state index in [1.165, 1.54) is 42.2 Å². The van der Waals surface area contributed by atoms with Crippen molar-refractivity contribution in [3.63, 3.8) is 0 Å². The van der Waals surface area contributed by atoms with Crippen LogP contribution in [0.1, 0.15) is 17.0 Å². The third-order valence-corrected chi connectivity index (χ3v) is 8.74. The van der Waals surface area contributed by atoms with Gasteiger partial charge in [-0.2, -0.15) is 4.31 Å². The maximum Gasteiger partial charge on any atom is 0.319 e. The molecular formula is C21H22FNO5S2. The fourth-order valence-corrected chi connectivity index (χ4v) is 6.91. The Bertz CT molecular complexity index is 1070. The van der Waals surface area contributed by atoms with Gasteiger partial charge in [0.1, 0.15) is 11.1 Å². The van der Waals surface area contributed by atoms with E-state index in [1.54, 1.807) is 0 Å². The van der Waals surface area contributed by atoms with E-state index in [1.807, 2.05) is 24.3 Å². The Kier molecular flexibility index (Phi) is 5.89. The van der Waals surface area contributed by atoms with Gasteiger partial charge in [-0.3, -0.25) is 4.79 Å². The number of carbonyl (C=O) groups excluding carboxylic acids is 1. The van der Waals surface area contributed by atoms with E-state index in [2.05, 4.69) is 0 Å². The van der Waals surface area contributed by atoms with E-state index in [0.717, 1.165) is 16.5 Å². The average molecular weight is 452 g/mol. The number of rotatable bonds is 4. The van der Waals surface area contributed by atoms with Crippen LogP contribution in [0.3, 0.4) is 0 Å². The fraction of sp³-hybridized carbons (Fsp3) is 0.381. The van der Waals surface area contributed by atoms with Crippen LogP contribution in [0, 0.1) is 12.7 Å². The lowest BCUT2D eigenvalue weighted by atomic mass is 9.89. The number of hydrogen-bond acceptors (Lipinski definition) is 6. The second-order valence-electron chi connectivity index (χ2n) is 7.31. The van der Waals surface area contributed by atoms with E-state index < -0.39 is 27.2 Å². The first-order chi connectivity index (χ1) is 14.3. The van der Waals surface area contributed by atoms with Gasteiger partial charge in [0.05, 0.1) is 24.7 Å². The van der Waals surface area contributed by atoms with Gasteiger partial charge >= 0.3 is 5.97 Å². The maximum atomic E-state index is 13.6. The summed E-state index contributed by atoms with van der Waals surface area (Å²) in [6, 6.07) is 11.5. The van der Waals surface area contributed by atoms with Crippen molar-refractivity contribution in [3.8, 4) is 0 Å². The first-order valence-corrected chi connectivity index (χ1v) is 11.9. The average Bonchev–Trinajstić information content (AvgIpc) is 3.14. The van der Waals surface area contributed by atoms with Gasteiger partial charge in [0.15, 0.2) is 0 Å². The molecule has 2 aromatic rings. The van der Waals surface area contributed by atoms with Crippen molar-refractivity contribution in [2.45, 2.75) is 34.0 Å². The lowest BCUT2D eigenvalue weighted by molar-refractivity contribution is -0.141. The molecule has 4 rings (SSSR count). The van der Waals surface area contributed by atoms with Gasteiger partial charge in [0.2, 0.25) is 10.0 Å². The molecule has 9 heteroatoms. The summed E-state index contributed by atoms with van der Waals surface area (Å²) in [5.74, 6) is -1.14. The lowest BCUT2D eigenvalue weighted by Gasteiger charge is -2.36. The van der Waals surface area contributed by atoms with Crippen LogP contribution < -0.4 is 0 Å². The predicted molar refractivity (Wildman–Crippen MR) is 110 cm³/mol. The number of hydrogen-bond donors (Lipinski definition) is 0. The Hall–Kier alpha value is -1.94. The molecule has 160 valence electrons. The molecule has 2 heterocycles. The van der Waals surface area contributed by atoms with Crippen LogP contribution >= 0.6 is 11.8 Å². The molecule has 30 heavy (non-hydrogen) atoms. The van der Waals surface area contributed by atoms with Crippen molar-refractivity contribution in [2.24, 2.45) is 0 Å². The first-order valence-electron chi connectivity index (χ1n) is 9.54. The topological polar surface area (TPSA) is 72.9 Å². The molecule has 0 N–H and O–H groups in total. The lowest BCUT2D eigenvalue weighted by Crippen LogP contribution is -2.49. The van der Waals surface area contributed by atoms with Gasteiger partial charge < -0.3 is 9.47 Å². The number of fused-ring (bicyclic) bond motifs is 1. The Balaban J connectivity index is 1.64. The molecule has 3 unspecified atom stereocenters. The Morgan fingerprint density at radius 1 is 1.27 bits per heavy atom. The number of halogens is 1. The molecule has 0 aromatic heterocycles. The molecule has 1 saturated heterocycles. The molecule has 0 aliphatic carbocycles. The second-order valence-corrected chi connectivity index (χ2v) is 10.4. The largest absolute Gasteiger partial charge is 0.468 e. The molecule has 0 amide bonds. The number of benzene rings is 2. The number of carbonyl (C=O) groups is 1. The summed E-state index contributed by atoms with van der Waals surface area (Å²) in [6.07, 6.45) is -0.504. The molecule has 0 saturated carbocycles. The normalized spacial score (nSPS) is 24.4. The smallest absolute Gasteiger partial charge is 0.319 e. The minimum absolute atomic E-state index is 0.0489. The molecule has 0 radical (unpaired) electrons. The van der Waals surface area contributed by atoms with Crippen LogP contribution in [0.15, 0.2) is 52.3 Å². The summed E-state index contributed by atoms with van der Waals surface area (Å²) in [5, 5.41) is -0.506. The summed E-state index contributed by atoms with van der Waals surface area (Å²) >= 11 is 1.42. The van der Waals surface area contributed by atoms with E-state index in [4.69, 9.17) is 9.47 Å². The van der Waals surface area contributed by atoms with Gasteiger partial charge in [0, 0.05) is 23.9 Å². The quantitative estimate of drug-likeness (QED) is 0.666. The Morgan fingerprint density at radius 2 is 2.03 bits per heavy atom. The van der Waals surface area contributed by atoms with Crippen LogP contribution in [-0.4, -0.2) is 56.9 Å². The van der Waals surface area contributed by atoms with Crippen molar-refractivity contribution in [2.75, 3.05) is 26.8 Å². The molecule has 0 bridgehead atoms. The van der Waals surface area contributed by atoms with Gasteiger partial charge in [-0.1, -0.05) is 18.2 Å². The highest BCUT2D eigenvalue weighted by molar-refractivity contribution is 8.01. The maximum absolute atomic E-state index is 13.6. The first kappa shape index (κ1) is 21.3. The number of ether oxygens (including phenoxy) is 2. The highest BCUT2D eigenvalue weighted by atomic mass is 32.2. The number of methoxy groups -OCH3 is 1. The van der Waals surface area contributed by atoms with Gasteiger partial charge in [-0.05, 0) is 42.3 Å². The molecule has 6 nitrogen and oxygen atoms in total. The number of morpholine rings is 1. The van der Waals surface area contributed by atoms with Crippen LogP contribution in [0.4, 0.5) is 4.39 Å². The minimum atomic E-state index is -3.82. The molecule has 1 fully saturated rings. The third kappa shape index (κ3) is 3.75. The van der Waals surface area contributed by atoms with Gasteiger partial charge in [-0.25, -0.2) is 12.8 Å². The zero-order valence-electron chi connectivity index (χ0n) is 16.6. The third-order valence-electron chi connectivity index (χ3n) is 5.52. The number of esters is 1. The zero-order chi connectivity index (χ0) is 21.5. The highest BCUT2D eigenvalue weighted by Gasteiger charge is 2.46. The van der Waals surface area contributed by atoms with E-state index in [0.29, 0.717) is 0 Å².